The van der Waals surface area contributed by atoms with Crippen molar-refractivity contribution in [1.82, 2.24) is 9.97 Å². The number of halogens is 1. The zero-order valence-electron chi connectivity index (χ0n) is 7.22. The Morgan fingerprint density at radius 2 is 1.93 bits per heavy atom. The molecule has 0 radical (unpaired) electrons. The standard InChI is InChI=1S/C10H7BrN2O/c11-9-7-13-5-3-10(9)14-8-2-1-4-12-6-8/h1-7H. The van der Waals surface area contributed by atoms with Crippen molar-refractivity contribution in [2.45, 2.75) is 0 Å². The summed E-state index contributed by atoms with van der Waals surface area (Å²) in [5.41, 5.74) is 0. The van der Waals surface area contributed by atoms with Gasteiger partial charge in [0, 0.05) is 24.7 Å². The first-order valence-corrected chi connectivity index (χ1v) is 4.83. The minimum absolute atomic E-state index is 0.708. The molecule has 0 saturated heterocycles. The van der Waals surface area contributed by atoms with E-state index in [1.165, 1.54) is 0 Å². The van der Waals surface area contributed by atoms with E-state index in [1.54, 1.807) is 30.9 Å². The van der Waals surface area contributed by atoms with E-state index in [4.69, 9.17) is 4.74 Å². The van der Waals surface area contributed by atoms with Crippen molar-refractivity contribution in [1.29, 1.82) is 0 Å². The van der Waals surface area contributed by atoms with Crippen LogP contribution < -0.4 is 4.74 Å². The summed E-state index contributed by atoms with van der Waals surface area (Å²) in [6.07, 6.45) is 6.73. The van der Waals surface area contributed by atoms with Crippen LogP contribution in [0.15, 0.2) is 47.5 Å². The summed E-state index contributed by atoms with van der Waals surface area (Å²) in [7, 11) is 0. The highest BCUT2D eigenvalue weighted by atomic mass is 79.9. The average molecular weight is 251 g/mol. The van der Waals surface area contributed by atoms with Gasteiger partial charge in [0.1, 0.15) is 11.5 Å². The SMILES string of the molecule is Brc1cnccc1Oc1cccnc1. The molecule has 2 rings (SSSR count). The van der Waals surface area contributed by atoms with Gasteiger partial charge >= 0.3 is 0 Å². The Hall–Kier alpha value is -1.42. The molecule has 2 aromatic heterocycles. The first-order valence-electron chi connectivity index (χ1n) is 4.03. The minimum Gasteiger partial charge on any atom is -0.454 e. The van der Waals surface area contributed by atoms with Crippen LogP contribution in [0.4, 0.5) is 0 Å². The van der Waals surface area contributed by atoms with Crippen LogP contribution in [0.2, 0.25) is 0 Å². The largest absolute Gasteiger partial charge is 0.454 e. The number of aromatic nitrogens is 2. The molecule has 4 heteroatoms. The summed E-state index contributed by atoms with van der Waals surface area (Å²) in [4.78, 5) is 7.90. The van der Waals surface area contributed by atoms with Crippen LogP contribution in [0.1, 0.15) is 0 Å². The Bertz CT molecular complexity index is 419. The fraction of sp³-hybridized carbons (Fsp3) is 0. The van der Waals surface area contributed by atoms with Crippen LogP contribution in [-0.4, -0.2) is 9.97 Å². The van der Waals surface area contributed by atoms with Crippen LogP contribution >= 0.6 is 15.9 Å². The fourth-order valence-corrected chi connectivity index (χ4v) is 1.31. The lowest BCUT2D eigenvalue weighted by atomic mass is 10.4. The lowest BCUT2D eigenvalue weighted by Gasteiger charge is -2.05. The normalized spacial score (nSPS) is 9.79. The zero-order chi connectivity index (χ0) is 9.80. The van der Waals surface area contributed by atoms with Gasteiger partial charge in [-0.3, -0.25) is 9.97 Å². The first kappa shape index (κ1) is 9.15. The second-order valence-corrected chi connectivity index (χ2v) is 3.45. The summed E-state index contributed by atoms with van der Waals surface area (Å²) < 4.78 is 6.38. The van der Waals surface area contributed by atoms with Gasteiger partial charge in [0.25, 0.3) is 0 Å². The summed E-state index contributed by atoms with van der Waals surface area (Å²) in [6, 6.07) is 5.46. The van der Waals surface area contributed by atoms with E-state index < -0.39 is 0 Å². The molecule has 0 amide bonds. The molecule has 0 aliphatic rings. The van der Waals surface area contributed by atoms with Crippen molar-refractivity contribution in [3.8, 4) is 11.5 Å². The number of rotatable bonds is 2. The third kappa shape index (κ3) is 2.09. The molecule has 2 heterocycles. The summed E-state index contributed by atoms with van der Waals surface area (Å²) in [5.74, 6) is 1.44. The highest BCUT2D eigenvalue weighted by Crippen LogP contribution is 2.27. The maximum Gasteiger partial charge on any atom is 0.145 e. The number of pyridine rings is 2. The van der Waals surface area contributed by atoms with Gasteiger partial charge in [0.05, 0.1) is 10.7 Å². The maximum absolute atomic E-state index is 5.56. The number of hydrogen-bond donors (Lipinski definition) is 0. The van der Waals surface area contributed by atoms with E-state index in [0.717, 1.165) is 10.2 Å². The van der Waals surface area contributed by atoms with Crippen molar-refractivity contribution in [3.05, 3.63) is 47.5 Å². The summed E-state index contributed by atoms with van der Waals surface area (Å²) in [5, 5.41) is 0. The van der Waals surface area contributed by atoms with E-state index in [0.29, 0.717) is 5.75 Å². The minimum atomic E-state index is 0.708. The summed E-state index contributed by atoms with van der Waals surface area (Å²) in [6.45, 7) is 0. The van der Waals surface area contributed by atoms with Crippen molar-refractivity contribution >= 4 is 15.9 Å². The topological polar surface area (TPSA) is 35.0 Å². The van der Waals surface area contributed by atoms with Crippen molar-refractivity contribution in [2.75, 3.05) is 0 Å². The molecule has 0 unspecified atom stereocenters. The van der Waals surface area contributed by atoms with Crippen LogP contribution in [0.3, 0.4) is 0 Å². The molecule has 0 fully saturated rings. The molecule has 0 aromatic carbocycles. The molecule has 0 aliphatic heterocycles. The van der Waals surface area contributed by atoms with Gasteiger partial charge in [-0.05, 0) is 28.1 Å². The number of nitrogens with zero attached hydrogens (tertiary/aromatic N) is 2. The highest BCUT2D eigenvalue weighted by Gasteiger charge is 2.00. The molecule has 0 bridgehead atoms. The Morgan fingerprint density at radius 3 is 2.64 bits per heavy atom. The van der Waals surface area contributed by atoms with E-state index in [-0.39, 0.29) is 0 Å². The quantitative estimate of drug-likeness (QED) is 0.822. The third-order valence-electron chi connectivity index (χ3n) is 1.60. The van der Waals surface area contributed by atoms with Gasteiger partial charge in [0.2, 0.25) is 0 Å². The van der Waals surface area contributed by atoms with E-state index in [9.17, 15) is 0 Å². The number of hydrogen-bond acceptors (Lipinski definition) is 3. The van der Waals surface area contributed by atoms with E-state index in [2.05, 4.69) is 25.9 Å². The Labute approximate surface area is 89.9 Å². The van der Waals surface area contributed by atoms with Crippen LogP contribution in [0, 0.1) is 0 Å². The lowest BCUT2D eigenvalue weighted by Crippen LogP contribution is -1.86. The first-order chi connectivity index (χ1) is 6.86. The fourth-order valence-electron chi connectivity index (χ4n) is 0.980. The molecule has 0 saturated carbocycles. The smallest absolute Gasteiger partial charge is 0.145 e. The Morgan fingerprint density at radius 1 is 1.07 bits per heavy atom. The van der Waals surface area contributed by atoms with Crippen LogP contribution in [0.25, 0.3) is 0 Å². The predicted molar refractivity (Wildman–Crippen MR) is 56.2 cm³/mol. The zero-order valence-corrected chi connectivity index (χ0v) is 8.81. The molecule has 70 valence electrons. The monoisotopic (exact) mass is 250 g/mol. The molecule has 0 N–H and O–H groups in total. The number of ether oxygens (including phenoxy) is 1. The van der Waals surface area contributed by atoms with E-state index in [1.807, 2.05) is 12.1 Å². The summed E-state index contributed by atoms with van der Waals surface area (Å²) >= 11 is 3.35. The van der Waals surface area contributed by atoms with Gasteiger partial charge < -0.3 is 4.74 Å². The van der Waals surface area contributed by atoms with Gasteiger partial charge in [-0.15, -0.1) is 0 Å². The molecular formula is C10H7BrN2O. The Balaban J connectivity index is 2.24. The Kier molecular flexibility index (Phi) is 2.74. The van der Waals surface area contributed by atoms with Crippen molar-refractivity contribution in [3.63, 3.8) is 0 Å². The average Bonchev–Trinajstić information content (AvgIpc) is 2.23. The third-order valence-corrected chi connectivity index (χ3v) is 2.19. The van der Waals surface area contributed by atoms with Gasteiger partial charge in [-0.25, -0.2) is 0 Å². The van der Waals surface area contributed by atoms with E-state index >= 15 is 0 Å². The highest BCUT2D eigenvalue weighted by molar-refractivity contribution is 9.10. The van der Waals surface area contributed by atoms with Crippen LogP contribution in [-0.2, 0) is 0 Å². The van der Waals surface area contributed by atoms with Gasteiger partial charge in [-0.1, -0.05) is 0 Å². The molecule has 0 aliphatic carbocycles. The molecular weight excluding hydrogens is 244 g/mol. The van der Waals surface area contributed by atoms with Crippen LogP contribution in [0.5, 0.6) is 11.5 Å². The predicted octanol–water partition coefficient (Wildman–Crippen LogP) is 3.03. The lowest BCUT2D eigenvalue weighted by molar-refractivity contribution is 0.476. The van der Waals surface area contributed by atoms with Crippen molar-refractivity contribution in [2.24, 2.45) is 0 Å². The molecule has 3 nitrogen and oxygen atoms in total. The second kappa shape index (κ2) is 4.19. The van der Waals surface area contributed by atoms with Gasteiger partial charge in [-0.2, -0.15) is 0 Å². The molecule has 14 heavy (non-hydrogen) atoms. The maximum atomic E-state index is 5.56. The molecule has 0 spiro atoms. The second-order valence-electron chi connectivity index (χ2n) is 2.60. The molecule has 2 aromatic rings. The van der Waals surface area contributed by atoms with Crippen molar-refractivity contribution < 1.29 is 4.74 Å². The van der Waals surface area contributed by atoms with Gasteiger partial charge in [0.15, 0.2) is 0 Å². The molecule has 0 atom stereocenters.